The zero-order valence-electron chi connectivity index (χ0n) is 15.8. The molecule has 0 bridgehead atoms. The van der Waals surface area contributed by atoms with Crippen molar-refractivity contribution in [3.63, 3.8) is 0 Å². The molecule has 0 aliphatic carbocycles. The molecule has 1 heterocycles. The number of fused-ring (bicyclic) bond motifs is 1. The van der Waals surface area contributed by atoms with Crippen LogP contribution in [0.5, 0.6) is 0 Å². The van der Waals surface area contributed by atoms with Gasteiger partial charge in [0, 0.05) is 10.3 Å². The van der Waals surface area contributed by atoms with Crippen LogP contribution in [0.25, 0.3) is 10.9 Å². The first kappa shape index (κ1) is 19.2. The Morgan fingerprint density at radius 1 is 0.966 bits per heavy atom. The number of para-hydroxylation sites is 1. The molecule has 0 fully saturated rings. The third kappa shape index (κ3) is 4.46. The van der Waals surface area contributed by atoms with E-state index < -0.39 is 0 Å². The van der Waals surface area contributed by atoms with E-state index in [-0.39, 0.29) is 17.8 Å². The summed E-state index contributed by atoms with van der Waals surface area (Å²) in [6, 6.07) is 25.3. The van der Waals surface area contributed by atoms with Gasteiger partial charge in [-0.15, -0.1) is 0 Å². The first-order valence-electron chi connectivity index (χ1n) is 9.29. The Morgan fingerprint density at radius 2 is 1.66 bits per heavy atom. The number of carbonyl (C=O) groups is 1. The summed E-state index contributed by atoms with van der Waals surface area (Å²) in [5.41, 5.74) is 2.36. The molecule has 4 aromatic rings. The molecule has 0 saturated heterocycles. The number of hydrogen-bond acceptors (Lipinski definition) is 3. The molecule has 0 aliphatic heterocycles. The summed E-state index contributed by atoms with van der Waals surface area (Å²) in [5, 5.41) is 4.57. The smallest absolute Gasteiger partial charge is 0.252 e. The normalized spacial score (nSPS) is 11.9. The van der Waals surface area contributed by atoms with Crippen LogP contribution in [-0.4, -0.2) is 10.9 Å². The molecule has 3 aromatic carbocycles. The highest BCUT2D eigenvalue weighted by molar-refractivity contribution is 7.99. The Kier molecular flexibility index (Phi) is 5.58. The van der Waals surface area contributed by atoms with Gasteiger partial charge in [0.2, 0.25) is 0 Å². The van der Waals surface area contributed by atoms with E-state index in [1.165, 1.54) is 23.9 Å². The molecule has 0 saturated carbocycles. The van der Waals surface area contributed by atoms with Crippen molar-refractivity contribution in [1.29, 1.82) is 0 Å². The number of nitrogens with one attached hydrogen (secondary N) is 1. The highest BCUT2D eigenvalue weighted by Gasteiger charge is 2.16. The number of benzene rings is 3. The van der Waals surface area contributed by atoms with Crippen LogP contribution < -0.4 is 5.32 Å². The molecular weight excluding hydrogens is 383 g/mol. The van der Waals surface area contributed by atoms with E-state index in [2.05, 4.69) is 10.3 Å². The number of hydrogen-bond donors (Lipinski definition) is 1. The maximum Gasteiger partial charge on any atom is 0.252 e. The van der Waals surface area contributed by atoms with Gasteiger partial charge in [-0.05, 0) is 48.9 Å². The molecule has 0 aliphatic rings. The van der Waals surface area contributed by atoms with E-state index >= 15 is 0 Å². The summed E-state index contributed by atoms with van der Waals surface area (Å²) in [6.45, 7) is 1.96. The summed E-state index contributed by atoms with van der Waals surface area (Å²) in [4.78, 5) is 18.6. The SMILES string of the molecule is C[C@H](NC(=O)c1cc(Sc2ccc(F)cc2)nc2ccccc12)c1ccccc1. The molecule has 1 amide bonds. The van der Waals surface area contributed by atoms with Crippen LogP contribution in [0.1, 0.15) is 28.9 Å². The fraction of sp³-hybridized carbons (Fsp3) is 0.0833. The van der Waals surface area contributed by atoms with E-state index in [1.54, 1.807) is 18.2 Å². The Hall–Kier alpha value is -3.18. The molecule has 29 heavy (non-hydrogen) atoms. The van der Waals surface area contributed by atoms with Crippen molar-refractivity contribution < 1.29 is 9.18 Å². The Labute approximate surface area is 173 Å². The summed E-state index contributed by atoms with van der Waals surface area (Å²) in [6.07, 6.45) is 0. The maximum atomic E-state index is 13.2. The number of halogens is 1. The third-order valence-electron chi connectivity index (χ3n) is 4.62. The number of rotatable bonds is 5. The lowest BCUT2D eigenvalue weighted by molar-refractivity contribution is 0.0941. The lowest BCUT2D eigenvalue weighted by Crippen LogP contribution is -2.27. The quantitative estimate of drug-likeness (QED) is 0.444. The Bertz CT molecular complexity index is 1150. The summed E-state index contributed by atoms with van der Waals surface area (Å²) in [7, 11) is 0. The van der Waals surface area contributed by atoms with E-state index in [1.807, 2.05) is 61.5 Å². The predicted octanol–water partition coefficient (Wildman–Crippen LogP) is 6.02. The predicted molar refractivity (Wildman–Crippen MR) is 115 cm³/mol. The van der Waals surface area contributed by atoms with Crippen LogP contribution in [-0.2, 0) is 0 Å². The molecule has 5 heteroatoms. The molecule has 3 nitrogen and oxygen atoms in total. The van der Waals surface area contributed by atoms with E-state index in [0.29, 0.717) is 10.6 Å². The zero-order chi connectivity index (χ0) is 20.2. The topological polar surface area (TPSA) is 42.0 Å². The summed E-state index contributed by atoms with van der Waals surface area (Å²) >= 11 is 1.40. The van der Waals surface area contributed by atoms with Crippen molar-refractivity contribution in [3.8, 4) is 0 Å². The van der Waals surface area contributed by atoms with Gasteiger partial charge < -0.3 is 5.32 Å². The van der Waals surface area contributed by atoms with Crippen LogP contribution in [0, 0.1) is 5.82 Å². The molecule has 1 aromatic heterocycles. The fourth-order valence-corrected chi connectivity index (χ4v) is 3.95. The van der Waals surface area contributed by atoms with Gasteiger partial charge in [-0.25, -0.2) is 9.37 Å². The number of amides is 1. The van der Waals surface area contributed by atoms with Crippen LogP contribution in [0.15, 0.2) is 94.9 Å². The lowest BCUT2D eigenvalue weighted by Gasteiger charge is -2.16. The zero-order valence-corrected chi connectivity index (χ0v) is 16.6. The van der Waals surface area contributed by atoms with Crippen LogP contribution in [0.2, 0.25) is 0 Å². The van der Waals surface area contributed by atoms with Crippen molar-refractivity contribution in [2.75, 3.05) is 0 Å². The number of carbonyl (C=O) groups excluding carboxylic acids is 1. The maximum absolute atomic E-state index is 13.2. The lowest BCUT2D eigenvalue weighted by atomic mass is 10.1. The second-order valence-corrected chi connectivity index (χ2v) is 7.78. The van der Waals surface area contributed by atoms with Crippen molar-refractivity contribution in [2.24, 2.45) is 0 Å². The van der Waals surface area contributed by atoms with Crippen molar-refractivity contribution in [2.45, 2.75) is 22.9 Å². The second kappa shape index (κ2) is 8.45. The monoisotopic (exact) mass is 402 g/mol. The minimum Gasteiger partial charge on any atom is -0.345 e. The van der Waals surface area contributed by atoms with Gasteiger partial charge in [-0.3, -0.25) is 4.79 Å². The van der Waals surface area contributed by atoms with Gasteiger partial charge in [-0.1, -0.05) is 60.3 Å². The highest BCUT2D eigenvalue weighted by Crippen LogP contribution is 2.30. The standard InChI is InChI=1S/C24H19FN2OS/c1-16(17-7-3-2-4-8-17)26-24(28)21-15-23(27-22-10-6-5-9-20(21)22)29-19-13-11-18(25)12-14-19/h2-16H,1H3,(H,26,28)/t16-/m0/s1. The van der Waals surface area contributed by atoms with E-state index in [4.69, 9.17) is 0 Å². The average Bonchev–Trinajstić information content (AvgIpc) is 2.75. The first-order valence-corrected chi connectivity index (χ1v) is 10.1. The van der Waals surface area contributed by atoms with Crippen LogP contribution in [0.3, 0.4) is 0 Å². The van der Waals surface area contributed by atoms with Crippen molar-refractivity contribution >= 4 is 28.6 Å². The minimum absolute atomic E-state index is 0.121. The van der Waals surface area contributed by atoms with Crippen LogP contribution >= 0.6 is 11.8 Å². The van der Waals surface area contributed by atoms with Gasteiger partial charge in [0.25, 0.3) is 5.91 Å². The molecule has 0 spiro atoms. The second-order valence-electron chi connectivity index (χ2n) is 6.69. The Morgan fingerprint density at radius 3 is 2.41 bits per heavy atom. The summed E-state index contributed by atoms with van der Waals surface area (Å²) < 4.78 is 13.2. The molecule has 144 valence electrons. The number of aromatic nitrogens is 1. The van der Waals surface area contributed by atoms with E-state index in [0.717, 1.165) is 21.4 Å². The first-order chi connectivity index (χ1) is 14.1. The molecule has 1 N–H and O–H groups in total. The molecule has 4 rings (SSSR count). The molecular formula is C24H19FN2OS. The number of pyridine rings is 1. The molecule has 1 atom stereocenters. The van der Waals surface area contributed by atoms with Gasteiger partial charge in [0.1, 0.15) is 10.8 Å². The number of nitrogens with zero attached hydrogens (tertiary/aromatic N) is 1. The molecule has 0 unspecified atom stereocenters. The highest BCUT2D eigenvalue weighted by atomic mass is 32.2. The van der Waals surface area contributed by atoms with Gasteiger partial charge in [0.05, 0.1) is 17.1 Å². The molecule has 0 radical (unpaired) electrons. The fourth-order valence-electron chi connectivity index (χ4n) is 3.11. The van der Waals surface area contributed by atoms with Gasteiger partial charge in [-0.2, -0.15) is 0 Å². The van der Waals surface area contributed by atoms with Crippen molar-refractivity contribution in [1.82, 2.24) is 10.3 Å². The third-order valence-corrected chi connectivity index (χ3v) is 5.55. The largest absolute Gasteiger partial charge is 0.345 e. The summed E-state index contributed by atoms with van der Waals surface area (Å²) in [5.74, 6) is -0.434. The van der Waals surface area contributed by atoms with Gasteiger partial charge >= 0.3 is 0 Å². The Balaban J connectivity index is 1.66. The minimum atomic E-state index is -0.282. The van der Waals surface area contributed by atoms with Gasteiger partial charge in [0.15, 0.2) is 0 Å². The average molecular weight is 402 g/mol. The van der Waals surface area contributed by atoms with Crippen LogP contribution in [0.4, 0.5) is 4.39 Å². The van der Waals surface area contributed by atoms with Crippen molar-refractivity contribution in [3.05, 3.63) is 102 Å². The van der Waals surface area contributed by atoms with E-state index in [9.17, 15) is 9.18 Å².